The van der Waals surface area contributed by atoms with E-state index in [9.17, 15) is 18.0 Å². The van der Waals surface area contributed by atoms with Crippen LogP contribution in [0.3, 0.4) is 0 Å². The number of anilines is 1. The van der Waals surface area contributed by atoms with Crippen LogP contribution in [0, 0.1) is 17.8 Å². The number of carbonyl (C=O) groups is 1. The Kier molecular flexibility index (Phi) is 3.54. The topological polar surface area (TPSA) is 80.9 Å². The minimum atomic E-state index is -4.75. The first kappa shape index (κ1) is 14.8. The second-order valence-corrected chi connectivity index (χ2v) is 5.74. The van der Waals surface area contributed by atoms with Crippen molar-refractivity contribution < 1.29 is 18.0 Å². The molecule has 5 nitrogen and oxygen atoms in total. The Labute approximate surface area is 124 Å². The maximum Gasteiger partial charge on any atom is 0.434 e. The third kappa shape index (κ3) is 2.77. The number of carbonyl (C=O) groups excluding carboxylic acids is 1. The van der Waals surface area contributed by atoms with Gasteiger partial charge >= 0.3 is 6.18 Å². The van der Waals surface area contributed by atoms with Gasteiger partial charge in [-0.1, -0.05) is 12.2 Å². The monoisotopic (exact) mass is 312 g/mol. The molecule has 3 atom stereocenters. The van der Waals surface area contributed by atoms with Gasteiger partial charge < -0.3 is 11.1 Å². The van der Waals surface area contributed by atoms with E-state index in [1.54, 1.807) is 0 Å². The normalized spacial score (nSPS) is 26.4. The molecule has 2 bridgehead atoms. The van der Waals surface area contributed by atoms with Crippen LogP contribution >= 0.6 is 0 Å². The fourth-order valence-corrected chi connectivity index (χ4v) is 3.23. The molecular formula is C14H15F3N4O. The predicted octanol–water partition coefficient (Wildman–Crippen LogP) is 2.02. The molecule has 22 heavy (non-hydrogen) atoms. The zero-order valence-corrected chi connectivity index (χ0v) is 11.6. The van der Waals surface area contributed by atoms with Crippen molar-refractivity contribution in [3.63, 3.8) is 0 Å². The number of aromatic nitrogens is 2. The van der Waals surface area contributed by atoms with Gasteiger partial charge in [-0.3, -0.25) is 4.79 Å². The van der Waals surface area contributed by atoms with Gasteiger partial charge in [-0.15, -0.1) is 0 Å². The third-order valence-electron chi connectivity index (χ3n) is 4.26. The number of amides is 1. The molecule has 0 radical (unpaired) electrons. The molecule has 1 saturated carbocycles. The number of allylic oxidation sites excluding steroid dienone is 2. The van der Waals surface area contributed by atoms with Gasteiger partial charge in [-0.05, 0) is 30.6 Å². The van der Waals surface area contributed by atoms with Crippen LogP contribution in [0.1, 0.15) is 28.9 Å². The Morgan fingerprint density at radius 3 is 2.73 bits per heavy atom. The molecule has 0 aromatic carbocycles. The van der Waals surface area contributed by atoms with Crippen molar-refractivity contribution in [1.29, 1.82) is 0 Å². The van der Waals surface area contributed by atoms with Crippen molar-refractivity contribution in [2.24, 2.45) is 17.8 Å². The number of rotatable bonds is 3. The minimum absolute atomic E-state index is 0.281. The van der Waals surface area contributed by atoms with E-state index in [0.717, 1.165) is 19.0 Å². The van der Waals surface area contributed by atoms with Crippen molar-refractivity contribution in [2.45, 2.75) is 19.0 Å². The first-order valence-electron chi connectivity index (χ1n) is 7.01. The SMILES string of the molecule is Nc1ncc(C(=O)NC[C@@H]2C[C@@H]3C=C[C@H]2C3)c(C(F)(F)F)n1. The highest BCUT2D eigenvalue weighted by molar-refractivity contribution is 5.95. The lowest BCUT2D eigenvalue weighted by atomic mass is 9.93. The van der Waals surface area contributed by atoms with E-state index in [1.165, 1.54) is 0 Å². The Hall–Kier alpha value is -2.12. The largest absolute Gasteiger partial charge is 0.434 e. The molecule has 0 spiro atoms. The van der Waals surface area contributed by atoms with Gasteiger partial charge in [0.05, 0.1) is 5.56 Å². The second kappa shape index (κ2) is 5.26. The molecule has 8 heteroatoms. The molecule has 1 amide bonds. The molecular weight excluding hydrogens is 297 g/mol. The highest BCUT2D eigenvalue weighted by Gasteiger charge is 2.39. The van der Waals surface area contributed by atoms with Crippen molar-refractivity contribution in [2.75, 3.05) is 12.3 Å². The summed E-state index contributed by atoms with van der Waals surface area (Å²) in [4.78, 5) is 18.7. The summed E-state index contributed by atoms with van der Waals surface area (Å²) in [6.45, 7) is 0.353. The fourth-order valence-electron chi connectivity index (χ4n) is 3.23. The Morgan fingerprint density at radius 2 is 2.14 bits per heavy atom. The number of fused-ring (bicyclic) bond motifs is 2. The minimum Gasteiger partial charge on any atom is -0.368 e. The van der Waals surface area contributed by atoms with Crippen LogP contribution in [0.15, 0.2) is 18.3 Å². The van der Waals surface area contributed by atoms with E-state index in [0.29, 0.717) is 18.4 Å². The summed E-state index contributed by atoms with van der Waals surface area (Å²) < 4.78 is 38.8. The summed E-state index contributed by atoms with van der Waals surface area (Å²) in [5, 5.41) is 2.56. The van der Waals surface area contributed by atoms with E-state index in [4.69, 9.17) is 5.73 Å². The Morgan fingerprint density at radius 1 is 1.36 bits per heavy atom. The van der Waals surface area contributed by atoms with Crippen molar-refractivity contribution in [1.82, 2.24) is 15.3 Å². The van der Waals surface area contributed by atoms with Gasteiger partial charge in [-0.25, -0.2) is 9.97 Å². The van der Waals surface area contributed by atoms with Gasteiger partial charge in [0.2, 0.25) is 5.95 Å². The zero-order chi connectivity index (χ0) is 15.9. The van der Waals surface area contributed by atoms with Gasteiger partial charge in [0.1, 0.15) is 0 Å². The van der Waals surface area contributed by atoms with Crippen molar-refractivity contribution in [3.8, 4) is 0 Å². The third-order valence-corrected chi connectivity index (χ3v) is 4.26. The lowest BCUT2D eigenvalue weighted by Gasteiger charge is -2.19. The number of nitrogens with two attached hydrogens (primary N) is 1. The standard InChI is InChI=1S/C14H15F3N4O/c15-14(16,17)11-10(6-20-13(18)21-11)12(22)19-5-9-4-7-1-2-8(9)3-7/h1-2,6-9H,3-5H2,(H,19,22)(H2,18,20,21)/t7-,8+,9+/m1/s1. The van der Waals surface area contributed by atoms with E-state index in [-0.39, 0.29) is 5.92 Å². The summed E-state index contributed by atoms with van der Waals surface area (Å²) in [5.41, 5.74) is 3.28. The Balaban J connectivity index is 1.71. The van der Waals surface area contributed by atoms with E-state index in [1.807, 2.05) is 0 Å². The summed E-state index contributed by atoms with van der Waals surface area (Å²) in [6, 6.07) is 0. The van der Waals surface area contributed by atoms with Crippen LogP contribution in [0.25, 0.3) is 0 Å². The summed E-state index contributed by atoms with van der Waals surface area (Å²) in [6.07, 6.45) is 2.39. The van der Waals surface area contributed by atoms with Crippen LogP contribution in [0.5, 0.6) is 0 Å². The van der Waals surface area contributed by atoms with Gasteiger partial charge in [-0.2, -0.15) is 13.2 Å². The number of halogens is 3. The molecule has 3 N–H and O–H groups in total. The fraction of sp³-hybridized carbons (Fsp3) is 0.500. The van der Waals surface area contributed by atoms with Crippen LogP contribution in [0.4, 0.5) is 19.1 Å². The smallest absolute Gasteiger partial charge is 0.368 e. The maximum absolute atomic E-state index is 12.9. The number of hydrogen-bond acceptors (Lipinski definition) is 4. The quantitative estimate of drug-likeness (QED) is 0.837. The molecule has 3 rings (SSSR count). The molecule has 2 aliphatic rings. The molecule has 1 aromatic heterocycles. The van der Waals surface area contributed by atoms with Crippen LogP contribution in [-0.4, -0.2) is 22.4 Å². The van der Waals surface area contributed by atoms with Crippen molar-refractivity contribution in [3.05, 3.63) is 29.6 Å². The maximum atomic E-state index is 12.9. The number of nitrogens with one attached hydrogen (secondary N) is 1. The van der Waals surface area contributed by atoms with E-state index in [2.05, 4.69) is 27.4 Å². The predicted molar refractivity (Wildman–Crippen MR) is 72.6 cm³/mol. The first-order chi connectivity index (χ1) is 10.3. The summed E-state index contributed by atoms with van der Waals surface area (Å²) in [5.74, 6) is -0.100. The van der Waals surface area contributed by atoms with E-state index >= 15 is 0 Å². The lowest BCUT2D eigenvalue weighted by Crippen LogP contribution is -2.33. The molecule has 118 valence electrons. The van der Waals surface area contributed by atoms with Gasteiger partial charge in [0.15, 0.2) is 5.69 Å². The molecule has 2 aliphatic carbocycles. The van der Waals surface area contributed by atoms with Crippen LogP contribution < -0.4 is 11.1 Å². The number of hydrogen-bond donors (Lipinski definition) is 2. The van der Waals surface area contributed by atoms with E-state index < -0.39 is 29.3 Å². The number of nitrogens with zero attached hydrogens (tertiary/aromatic N) is 2. The molecule has 1 fully saturated rings. The number of nitrogen functional groups attached to an aromatic ring is 1. The van der Waals surface area contributed by atoms with Crippen LogP contribution in [-0.2, 0) is 6.18 Å². The Bertz CT molecular complexity index is 629. The molecule has 1 heterocycles. The number of alkyl halides is 3. The van der Waals surface area contributed by atoms with Gasteiger partial charge in [0, 0.05) is 12.7 Å². The van der Waals surface area contributed by atoms with Gasteiger partial charge in [0.25, 0.3) is 5.91 Å². The summed E-state index contributed by atoms with van der Waals surface area (Å²) in [7, 11) is 0. The first-order valence-corrected chi connectivity index (χ1v) is 7.01. The van der Waals surface area contributed by atoms with Crippen LogP contribution in [0.2, 0.25) is 0 Å². The molecule has 0 saturated heterocycles. The van der Waals surface area contributed by atoms with Crippen molar-refractivity contribution >= 4 is 11.9 Å². The second-order valence-electron chi connectivity index (χ2n) is 5.74. The molecule has 0 unspecified atom stereocenters. The molecule has 1 aromatic rings. The average Bonchev–Trinajstić information content (AvgIpc) is 3.06. The highest BCUT2D eigenvalue weighted by Crippen LogP contribution is 2.43. The summed E-state index contributed by atoms with van der Waals surface area (Å²) >= 11 is 0. The zero-order valence-electron chi connectivity index (χ0n) is 11.6. The lowest BCUT2D eigenvalue weighted by molar-refractivity contribution is -0.141. The molecule has 0 aliphatic heterocycles. The highest BCUT2D eigenvalue weighted by atomic mass is 19.4. The average molecular weight is 312 g/mol.